The third kappa shape index (κ3) is 3.09. The van der Waals surface area contributed by atoms with Crippen LogP contribution in [0.1, 0.15) is 16.2 Å². The Balaban J connectivity index is 1.81. The number of aryl methyl sites for hydroxylation is 2. The normalized spacial score (nSPS) is 18.4. The topological polar surface area (TPSA) is 66.5 Å². The highest BCUT2D eigenvalue weighted by molar-refractivity contribution is 7.89. The molecule has 2 aromatic rings. The van der Waals surface area contributed by atoms with E-state index in [1.807, 2.05) is 6.92 Å². The number of hydrogen-bond acceptors (Lipinski definition) is 4. The summed E-state index contributed by atoms with van der Waals surface area (Å²) in [4.78, 5) is 15.5. The van der Waals surface area contributed by atoms with Crippen LogP contribution in [0.25, 0.3) is 0 Å². The van der Waals surface area contributed by atoms with Gasteiger partial charge in [-0.3, -0.25) is 4.79 Å². The predicted molar refractivity (Wildman–Crippen MR) is 91.3 cm³/mol. The highest BCUT2D eigenvalue weighted by atomic mass is 32.2. The van der Waals surface area contributed by atoms with Gasteiger partial charge >= 0.3 is 0 Å². The zero-order valence-electron chi connectivity index (χ0n) is 13.2. The molecular formula is C16H17FN2O3S2. The average Bonchev–Trinajstić information content (AvgIpc) is 3.03. The van der Waals surface area contributed by atoms with E-state index in [0.29, 0.717) is 11.3 Å². The summed E-state index contributed by atoms with van der Waals surface area (Å²) in [5, 5.41) is 0. The largest absolute Gasteiger partial charge is 0.308 e. The Labute approximate surface area is 144 Å². The van der Waals surface area contributed by atoms with Crippen molar-refractivity contribution in [3.05, 3.63) is 45.9 Å². The van der Waals surface area contributed by atoms with Crippen molar-refractivity contribution in [2.24, 2.45) is 0 Å². The molecule has 1 atom stereocenters. The lowest BCUT2D eigenvalue weighted by Gasteiger charge is -2.17. The van der Waals surface area contributed by atoms with E-state index in [1.165, 1.54) is 28.4 Å². The summed E-state index contributed by atoms with van der Waals surface area (Å²) >= 11 is 1.39. The van der Waals surface area contributed by atoms with E-state index >= 15 is 0 Å². The van der Waals surface area contributed by atoms with Crippen LogP contribution in [-0.4, -0.2) is 26.9 Å². The van der Waals surface area contributed by atoms with Gasteiger partial charge in [0.25, 0.3) is 0 Å². The Bertz CT molecular complexity index is 892. The van der Waals surface area contributed by atoms with Crippen LogP contribution >= 0.6 is 11.3 Å². The van der Waals surface area contributed by atoms with Crippen LogP contribution in [0.5, 0.6) is 0 Å². The molecule has 0 saturated carbocycles. The molecule has 5 nitrogen and oxygen atoms in total. The molecule has 1 aromatic carbocycles. The first-order valence-electron chi connectivity index (χ1n) is 7.45. The van der Waals surface area contributed by atoms with Gasteiger partial charge in [-0.2, -0.15) is 4.72 Å². The highest BCUT2D eigenvalue weighted by Gasteiger charge is 2.37. The fourth-order valence-corrected chi connectivity index (χ4v) is 5.60. The summed E-state index contributed by atoms with van der Waals surface area (Å²) in [6, 6.07) is 6.68. The number of carbonyl (C=O) groups is 1. The Morgan fingerprint density at radius 2 is 2.00 bits per heavy atom. The number of nitrogens with zero attached hydrogens (tertiary/aromatic N) is 1. The molecule has 1 aliphatic heterocycles. The highest BCUT2D eigenvalue weighted by Crippen LogP contribution is 2.28. The van der Waals surface area contributed by atoms with Crippen LogP contribution in [0.2, 0.25) is 0 Å². The molecule has 1 aromatic heterocycles. The number of para-hydroxylation sites is 1. The van der Waals surface area contributed by atoms with Gasteiger partial charge in [-0.05, 0) is 38.5 Å². The van der Waals surface area contributed by atoms with Crippen molar-refractivity contribution in [2.45, 2.75) is 31.2 Å². The second-order valence-electron chi connectivity index (χ2n) is 5.68. The molecule has 2 heterocycles. The summed E-state index contributed by atoms with van der Waals surface area (Å²) in [6.07, 6.45) is 0.300. The van der Waals surface area contributed by atoms with Crippen molar-refractivity contribution in [3.8, 4) is 0 Å². The summed E-state index contributed by atoms with van der Waals surface area (Å²) in [6.45, 7) is 3.83. The van der Waals surface area contributed by atoms with Crippen molar-refractivity contribution >= 4 is 33.0 Å². The maximum absolute atomic E-state index is 13.9. The molecule has 1 N–H and O–H groups in total. The first kappa shape index (κ1) is 17.1. The average molecular weight is 368 g/mol. The van der Waals surface area contributed by atoms with Gasteiger partial charge in [-0.1, -0.05) is 12.1 Å². The van der Waals surface area contributed by atoms with E-state index < -0.39 is 27.8 Å². The fourth-order valence-electron chi connectivity index (χ4n) is 2.82. The lowest BCUT2D eigenvalue weighted by molar-refractivity contribution is -0.118. The van der Waals surface area contributed by atoms with Gasteiger partial charge in [0.05, 0.1) is 10.6 Å². The first-order valence-corrected chi connectivity index (χ1v) is 9.75. The van der Waals surface area contributed by atoms with Crippen molar-refractivity contribution < 1.29 is 17.6 Å². The smallest absolute Gasteiger partial charge is 0.245 e. The van der Waals surface area contributed by atoms with Crippen LogP contribution < -0.4 is 9.62 Å². The molecule has 1 aliphatic rings. The maximum atomic E-state index is 13.9. The Hall–Kier alpha value is -1.77. The summed E-state index contributed by atoms with van der Waals surface area (Å²) in [5.41, 5.74) is 0.173. The van der Waals surface area contributed by atoms with Crippen LogP contribution in [0.3, 0.4) is 0 Å². The van der Waals surface area contributed by atoms with Crippen LogP contribution in [0, 0.1) is 19.7 Å². The number of sulfonamides is 1. The minimum Gasteiger partial charge on any atom is -0.308 e. The van der Waals surface area contributed by atoms with Crippen molar-refractivity contribution in [1.29, 1.82) is 0 Å². The third-order valence-electron chi connectivity index (χ3n) is 3.93. The molecule has 8 heteroatoms. The van der Waals surface area contributed by atoms with E-state index in [0.717, 1.165) is 4.88 Å². The third-order valence-corrected chi connectivity index (χ3v) is 6.62. The molecule has 0 spiro atoms. The van der Waals surface area contributed by atoms with Crippen LogP contribution in [0.15, 0.2) is 35.2 Å². The minimum absolute atomic E-state index is 0.173. The number of nitrogens with one attached hydrogen (secondary N) is 1. The SMILES string of the molecule is Cc1cc(S(=O)(=O)NC2CCN(c3ccccc3F)C2=O)c(C)s1. The molecule has 0 aliphatic carbocycles. The number of carbonyl (C=O) groups excluding carboxylic acids is 1. The molecule has 3 rings (SSSR count). The lowest BCUT2D eigenvalue weighted by atomic mass is 10.2. The van der Waals surface area contributed by atoms with E-state index in [-0.39, 0.29) is 17.1 Å². The Morgan fingerprint density at radius 3 is 2.62 bits per heavy atom. The zero-order valence-corrected chi connectivity index (χ0v) is 14.9. The summed E-state index contributed by atoms with van der Waals surface area (Å²) in [5.74, 6) is -0.938. The number of hydrogen-bond donors (Lipinski definition) is 1. The molecule has 24 heavy (non-hydrogen) atoms. The van der Waals surface area contributed by atoms with Gasteiger partial charge in [0.1, 0.15) is 11.9 Å². The standard InChI is InChI=1S/C16H17FN2O3S2/c1-10-9-15(11(2)23-10)24(21,22)18-13-7-8-19(16(13)20)14-6-4-3-5-12(14)17/h3-6,9,13,18H,7-8H2,1-2H3. The second kappa shape index (κ2) is 6.27. The molecule has 0 bridgehead atoms. The molecule has 1 saturated heterocycles. The number of benzene rings is 1. The first-order chi connectivity index (χ1) is 11.3. The van der Waals surface area contributed by atoms with Crippen LogP contribution in [-0.2, 0) is 14.8 Å². The summed E-state index contributed by atoms with van der Waals surface area (Å²) in [7, 11) is -3.78. The zero-order chi connectivity index (χ0) is 17.5. The van der Waals surface area contributed by atoms with Gasteiger partial charge in [-0.25, -0.2) is 12.8 Å². The molecule has 1 amide bonds. The van der Waals surface area contributed by atoms with Gasteiger partial charge in [0, 0.05) is 16.3 Å². The van der Waals surface area contributed by atoms with Gasteiger partial charge in [-0.15, -0.1) is 11.3 Å². The van der Waals surface area contributed by atoms with E-state index in [2.05, 4.69) is 4.72 Å². The number of anilines is 1. The van der Waals surface area contributed by atoms with Gasteiger partial charge in [0.15, 0.2) is 0 Å². The second-order valence-corrected chi connectivity index (χ2v) is 8.82. The van der Waals surface area contributed by atoms with Crippen LogP contribution in [0.4, 0.5) is 10.1 Å². The number of amides is 1. The molecule has 128 valence electrons. The number of rotatable bonds is 4. The minimum atomic E-state index is -3.78. The van der Waals surface area contributed by atoms with E-state index in [9.17, 15) is 17.6 Å². The maximum Gasteiger partial charge on any atom is 0.245 e. The van der Waals surface area contributed by atoms with Gasteiger partial charge in [0.2, 0.25) is 15.9 Å². The number of thiophene rings is 1. The van der Waals surface area contributed by atoms with E-state index in [1.54, 1.807) is 25.1 Å². The molecule has 0 radical (unpaired) electrons. The monoisotopic (exact) mass is 368 g/mol. The summed E-state index contributed by atoms with van der Waals surface area (Å²) < 4.78 is 41.4. The lowest BCUT2D eigenvalue weighted by Crippen LogP contribution is -2.41. The Morgan fingerprint density at radius 1 is 1.29 bits per heavy atom. The van der Waals surface area contributed by atoms with Crippen molar-refractivity contribution in [2.75, 3.05) is 11.4 Å². The van der Waals surface area contributed by atoms with E-state index in [4.69, 9.17) is 0 Å². The van der Waals surface area contributed by atoms with Crippen molar-refractivity contribution in [3.63, 3.8) is 0 Å². The van der Waals surface area contributed by atoms with Crippen molar-refractivity contribution in [1.82, 2.24) is 4.72 Å². The number of halogens is 1. The molecule has 1 unspecified atom stereocenters. The molecule has 1 fully saturated rings. The Kier molecular flexibility index (Phi) is 4.46. The fraction of sp³-hybridized carbons (Fsp3) is 0.312. The predicted octanol–water partition coefficient (Wildman–Crippen LogP) is 2.59. The quantitative estimate of drug-likeness (QED) is 0.902. The van der Waals surface area contributed by atoms with Gasteiger partial charge < -0.3 is 4.90 Å². The molecular weight excluding hydrogens is 351 g/mol.